The zero-order valence-electron chi connectivity index (χ0n) is 9.65. The van der Waals surface area contributed by atoms with E-state index in [2.05, 4.69) is 40.6 Å². The average molecular weight is 253 g/mol. The molecule has 16 heavy (non-hydrogen) atoms. The Labute approximate surface area is 104 Å². The van der Waals surface area contributed by atoms with Gasteiger partial charge in [0, 0.05) is 7.05 Å². The highest BCUT2D eigenvalue weighted by Crippen LogP contribution is 2.26. The molecule has 0 radical (unpaired) electrons. The first-order valence-electron chi connectivity index (χ1n) is 5.24. The minimum absolute atomic E-state index is 0.612. The van der Waals surface area contributed by atoms with E-state index in [1.165, 1.54) is 0 Å². The van der Waals surface area contributed by atoms with Crippen LogP contribution in [0, 0.1) is 0 Å². The molecule has 0 aliphatic rings. The molecule has 2 heterocycles. The monoisotopic (exact) mass is 253 g/mol. The van der Waals surface area contributed by atoms with Crippen molar-refractivity contribution in [1.82, 2.24) is 9.97 Å². The summed E-state index contributed by atoms with van der Waals surface area (Å²) in [4.78, 5) is 10.2. The van der Waals surface area contributed by atoms with E-state index in [1.807, 2.05) is 18.8 Å². The van der Waals surface area contributed by atoms with E-state index in [4.69, 9.17) is 0 Å². The molecule has 0 saturated heterocycles. The van der Waals surface area contributed by atoms with Gasteiger partial charge in [-0.1, -0.05) is 13.8 Å². The second-order valence-corrected chi connectivity index (χ2v) is 6.20. The summed E-state index contributed by atoms with van der Waals surface area (Å²) in [6.07, 6.45) is 0. The van der Waals surface area contributed by atoms with Gasteiger partial charge in [-0.05, 0) is 16.7 Å². The van der Waals surface area contributed by atoms with Crippen molar-refractivity contribution in [2.45, 2.75) is 24.9 Å². The summed E-state index contributed by atoms with van der Waals surface area (Å²) in [5, 5.41) is 6.91. The highest BCUT2D eigenvalue weighted by Gasteiger charge is 2.08. The second kappa shape index (κ2) is 5.01. The molecule has 0 aliphatic heterocycles. The third-order valence-electron chi connectivity index (χ3n) is 2.15. The third kappa shape index (κ3) is 2.47. The van der Waals surface area contributed by atoms with Crippen molar-refractivity contribution in [2.75, 3.05) is 12.4 Å². The number of anilines is 1. The molecule has 0 amide bonds. The lowest BCUT2D eigenvalue weighted by Gasteiger charge is -2.06. The normalized spacial score (nSPS) is 11.2. The SMILES string of the molecule is CNc1nc(CSC(C)C)nc2sccc12. The maximum atomic E-state index is 4.56. The van der Waals surface area contributed by atoms with Gasteiger partial charge in [-0.2, -0.15) is 11.8 Å². The number of thioether (sulfide) groups is 1. The molecule has 0 saturated carbocycles. The van der Waals surface area contributed by atoms with Crippen LogP contribution in [0.4, 0.5) is 5.82 Å². The third-order valence-corrected chi connectivity index (χ3v) is 4.05. The predicted molar refractivity (Wildman–Crippen MR) is 73.4 cm³/mol. The lowest BCUT2D eigenvalue weighted by Crippen LogP contribution is -2.00. The van der Waals surface area contributed by atoms with Crippen molar-refractivity contribution in [1.29, 1.82) is 0 Å². The molecule has 2 rings (SSSR count). The zero-order valence-corrected chi connectivity index (χ0v) is 11.3. The number of aromatic nitrogens is 2. The summed E-state index contributed by atoms with van der Waals surface area (Å²) < 4.78 is 0. The Morgan fingerprint density at radius 3 is 2.94 bits per heavy atom. The van der Waals surface area contributed by atoms with Gasteiger partial charge in [0.25, 0.3) is 0 Å². The van der Waals surface area contributed by atoms with Crippen LogP contribution in [0.2, 0.25) is 0 Å². The molecule has 0 bridgehead atoms. The summed E-state index contributed by atoms with van der Waals surface area (Å²) in [5.74, 6) is 2.73. The lowest BCUT2D eigenvalue weighted by molar-refractivity contribution is 1.05. The smallest absolute Gasteiger partial charge is 0.142 e. The van der Waals surface area contributed by atoms with Crippen molar-refractivity contribution in [3.63, 3.8) is 0 Å². The number of nitrogens with one attached hydrogen (secondary N) is 1. The highest BCUT2D eigenvalue weighted by atomic mass is 32.2. The Hall–Kier alpha value is -0.810. The molecule has 0 fully saturated rings. The van der Waals surface area contributed by atoms with Gasteiger partial charge in [0.1, 0.15) is 16.5 Å². The van der Waals surface area contributed by atoms with E-state index in [-0.39, 0.29) is 0 Å². The summed E-state index contributed by atoms with van der Waals surface area (Å²) in [6, 6.07) is 2.06. The first kappa shape index (κ1) is 11.7. The maximum Gasteiger partial charge on any atom is 0.142 e. The summed E-state index contributed by atoms with van der Waals surface area (Å²) in [5.41, 5.74) is 0. The Balaban J connectivity index is 2.32. The van der Waals surface area contributed by atoms with Crippen molar-refractivity contribution in [2.24, 2.45) is 0 Å². The minimum Gasteiger partial charge on any atom is -0.372 e. The molecule has 0 aliphatic carbocycles. The number of thiophene rings is 1. The van der Waals surface area contributed by atoms with E-state index in [0.29, 0.717) is 5.25 Å². The number of rotatable bonds is 4. The van der Waals surface area contributed by atoms with E-state index in [9.17, 15) is 0 Å². The fraction of sp³-hybridized carbons (Fsp3) is 0.455. The number of fused-ring (bicyclic) bond motifs is 1. The first-order valence-corrected chi connectivity index (χ1v) is 7.17. The molecule has 2 aromatic heterocycles. The minimum atomic E-state index is 0.612. The van der Waals surface area contributed by atoms with Crippen molar-refractivity contribution < 1.29 is 0 Å². The molecular weight excluding hydrogens is 238 g/mol. The average Bonchev–Trinajstić information content (AvgIpc) is 2.73. The van der Waals surface area contributed by atoms with Crippen LogP contribution in [0.1, 0.15) is 19.7 Å². The van der Waals surface area contributed by atoms with Crippen LogP contribution in [-0.2, 0) is 5.75 Å². The fourth-order valence-electron chi connectivity index (χ4n) is 1.40. The second-order valence-electron chi connectivity index (χ2n) is 3.74. The maximum absolute atomic E-state index is 4.56. The number of hydrogen-bond acceptors (Lipinski definition) is 5. The van der Waals surface area contributed by atoms with Gasteiger partial charge >= 0.3 is 0 Å². The Morgan fingerprint density at radius 2 is 2.25 bits per heavy atom. The van der Waals surface area contributed by atoms with Gasteiger partial charge in [0.15, 0.2) is 0 Å². The van der Waals surface area contributed by atoms with Crippen LogP contribution < -0.4 is 5.32 Å². The van der Waals surface area contributed by atoms with Crippen LogP contribution in [0.25, 0.3) is 10.2 Å². The molecule has 0 aromatic carbocycles. The number of hydrogen-bond donors (Lipinski definition) is 1. The predicted octanol–water partition coefficient (Wildman–Crippen LogP) is 3.37. The molecule has 86 valence electrons. The molecular formula is C11H15N3S2. The van der Waals surface area contributed by atoms with Crippen molar-refractivity contribution in [3.8, 4) is 0 Å². The van der Waals surface area contributed by atoms with Crippen LogP contribution in [0.3, 0.4) is 0 Å². The molecule has 2 aromatic rings. The van der Waals surface area contributed by atoms with Gasteiger partial charge in [0.2, 0.25) is 0 Å². The van der Waals surface area contributed by atoms with Gasteiger partial charge < -0.3 is 5.32 Å². The van der Waals surface area contributed by atoms with Crippen LogP contribution in [-0.4, -0.2) is 22.3 Å². The van der Waals surface area contributed by atoms with Gasteiger partial charge in [-0.15, -0.1) is 11.3 Å². The quantitative estimate of drug-likeness (QED) is 0.906. The zero-order chi connectivity index (χ0) is 11.5. The topological polar surface area (TPSA) is 37.8 Å². The van der Waals surface area contributed by atoms with E-state index in [1.54, 1.807) is 11.3 Å². The molecule has 1 N–H and O–H groups in total. The van der Waals surface area contributed by atoms with Gasteiger partial charge in [0.05, 0.1) is 11.1 Å². The number of nitrogens with zero attached hydrogens (tertiary/aromatic N) is 2. The van der Waals surface area contributed by atoms with E-state index < -0.39 is 0 Å². The fourth-order valence-corrected chi connectivity index (χ4v) is 2.79. The van der Waals surface area contributed by atoms with Crippen molar-refractivity contribution >= 4 is 39.1 Å². The highest BCUT2D eigenvalue weighted by molar-refractivity contribution is 7.99. The molecule has 5 heteroatoms. The molecule has 0 atom stereocenters. The van der Waals surface area contributed by atoms with E-state index >= 15 is 0 Å². The van der Waals surface area contributed by atoms with E-state index in [0.717, 1.165) is 27.6 Å². The Bertz CT molecular complexity index is 479. The van der Waals surface area contributed by atoms with Crippen LogP contribution in [0.15, 0.2) is 11.4 Å². The Kier molecular flexibility index (Phi) is 3.66. The summed E-state index contributed by atoms with van der Waals surface area (Å²) >= 11 is 3.53. The lowest BCUT2D eigenvalue weighted by atomic mass is 10.4. The standard InChI is InChI=1S/C11H15N3S2/c1-7(2)16-6-9-13-10(12-3)8-4-5-15-11(8)14-9/h4-5,7H,6H2,1-3H3,(H,12,13,14). The van der Waals surface area contributed by atoms with Gasteiger partial charge in [-0.3, -0.25) is 0 Å². The first-order chi connectivity index (χ1) is 7.70. The van der Waals surface area contributed by atoms with Gasteiger partial charge in [-0.25, -0.2) is 9.97 Å². The van der Waals surface area contributed by atoms with Crippen LogP contribution >= 0.6 is 23.1 Å². The van der Waals surface area contributed by atoms with Crippen LogP contribution in [0.5, 0.6) is 0 Å². The molecule has 0 spiro atoms. The molecule has 0 unspecified atom stereocenters. The summed E-state index contributed by atoms with van der Waals surface area (Å²) in [7, 11) is 1.90. The Morgan fingerprint density at radius 1 is 1.44 bits per heavy atom. The summed E-state index contributed by atoms with van der Waals surface area (Å²) in [6.45, 7) is 4.38. The molecule has 3 nitrogen and oxygen atoms in total. The largest absolute Gasteiger partial charge is 0.372 e. The van der Waals surface area contributed by atoms with Crippen molar-refractivity contribution in [3.05, 3.63) is 17.3 Å².